The van der Waals surface area contributed by atoms with Gasteiger partial charge < -0.3 is 15.5 Å². The Bertz CT molecular complexity index is 680. The maximum absolute atomic E-state index is 13.2. The zero-order valence-corrected chi connectivity index (χ0v) is 15.2. The molecular formula is C20H27FN4. The fraction of sp³-hybridized carbons (Fsp3) is 0.350. The van der Waals surface area contributed by atoms with Crippen molar-refractivity contribution in [3.63, 3.8) is 0 Å². The SMILES string of the molecule is CN=C(NCCc1cccc(F)c1)NCc1ccc(CN(C)C)cc1. The minimum Gasteiger partial charge on any atom is -0.356 e. The van der Waals surface area contributed by atoms with Crippen LogP contribution in [0.1, 0.15) is 16.7 Å². The smallest absolute Gasteiger partial charge is 0.191 e. The van der Waals surface area contributed by atoms with Gasteiger partial charge in [0.15, 0.2) is 5.96 Å². The predicted octanol–water partition coefficient (Wildman–Crippen LogP) is 2.80. The van der Waals surface area contributed by atoms with E-state index in [0.29, 0.717) is 13.1 Å². The third-order valence-corrected chi connectivity index (χ3v) is 3.80. The Kier molecular flexibility index (Phi) is 7.41. The van der Waals surface area contributed by atoms with E-state index in [2.05, 4.69) is 58.9 Å². The third kappa shape index (κ3) is 6.93. The Morgan fingerprint density at radius 3 is 2.36 bits per heavy atom. The van der Waals surface area contributed by atoms with Crippen LogP contribution in [0.15, 0.2) is 53.5 Å². The molecule has 4 nitrogen and oxygen atoms in total. The fourth-order valence-electron chi connectivity index (χ4n) is 2.55. The number of aliphatic imine (C=N–C) groups is 1. The summed E-state index contributed by atoms with van der Waals surface area (Å²) in [6, 6.07) is 15.2. The molecule has 25 heavy (non-hydrogen) atoms. The van der Waals surface area contributed by atoms with Gasteiger partial charge in [-0.1, -0.05) is 36.4 Å². The number of rotatable bonds is 7. The van der Waals surface area contributed by atoms with Gasteiger partial charge in [0.05, 0.1) is 0 Å². The number of halogens is 1. The van der Waals surface area contributed by atoms with E-state index in [1.165, 1.54) is 17.2 Å². The lowest BCUT2D eigenvalue weighted by molar-refractivity contribution is 0.402. The van der Waals surface area contributed by atoms with Crippen LogP contribution in [-0.2, 0) is 19.5 Å². The van der Waals surface area contributed by atoms with Gasteiger partial charge in [-0.2, -0.15) is 0 Å². The second kappa shape index (κ2) is 9.79. The molecule has 0 spiro atoms. The van der Waals surface area contributed by atoms with Crippen LogP contribution in [0.4, 0.5) is 4.39 Å². The van der Waals surface area contributed by atoms with Gasteiger partial charge in [-0.3, -0.25) is 4.99 Å². The molecular weight excluding hydrogens is 315 g/mol. The lowest BCUT2D eigenvalue weighted by Gasteiger charge is -2.13. The van der Waals surface area contributed by atoms with Gasteiger partial charge in [-0.25, -0.2) is 4.39 Å². The van der Waals surface area contributed by atoms with Crippen molar-refractivity contribution in [3.8, 4) is 0 Å². The second-order valence-corrected chi connectivity index (χ2v) is 6.29. The van der Waals surface area contributed by atoms with Crippen molar-refractivity contribution in [2.24, 2.45) is 4.99 Å². The van der Waals surface area contributed by atoms with E-state index in [-0.39, 0.29) is 5.82 Å². The molecule has 0 fully saturated rings. The molecule has 0 atom stereocenters. The minimum absolute atomic E-state index is 0.197. The zero-order valence-electron chi connectivity index (χ0n) is 15.2. The Balaban J connectivity index is 1.76. The molecule has 0 aliphatic rings. The van der Waals surface area contributed by atoms with Crippen LogP contribution in [0.3, 0.4) is 0 Å². The highest BCUT2D eigenvalue weighted by atomic mass is 19.1. The number of nitrogens with one attached hydrogen (secondary N) is 2. The highest BCUT2D eigenvalue weighted by Crippen LogP contribution is 2.06. The van der Waals surface area contributed by atoms with Crippen molar-refractivity contribution >= 4 is 5.96 Å². The van der Waals surface area contributed by atoms with Gasteiger partial charge in [0.25, 0.3) is 0 Å². The van der Waals surface area contributed by atoms with Crippen LogP contribution in [0, 0.1) is 5.82 Å². The molecule has 0 radical (unpaired) electrons. The maximum atomic E-state index is 13.2. The third-order valence-electron chi connectivity index (χ3n) is 3.80. The quantitative estimate of drug-likeness (QED) is 0.600. The van der Waals surface area contributed by atoms with Crippen LogP contribution >= 0.6 is 0 Å². The maximum Gasteiger partial charge on any atom is 0.191 e. The average Bonchev–Trinajstić information content (AvgIpc) is 2.59. The molecule has 0 bridgehead atoms. The van der Waals surface area contributed by atoms with Crippen LogP contribution in [-0.4, -0.2) is 38.5 Å². The highest BCUT2D eigenvalue weighted by molar-refractivity contribution is 5.79. The summed E-state index contributed by atoms with van der Waals surface area (Å²) in [6.45, 7) is 2.35. The van der Waals surface area contributed by atoms with Gasteiger partial charge >= 0.3 is 0 Å². The van der Waals surface area contributed by atoms with Crippen molar-refractivity contribution in [3.05, 3.63) is 71.0 Å². The van der Waals surface area contributed by atoms with Gasteiger partial charge in [0, 0.05) is 26.7 Å². The van der Waals surface area contributed by atoms with E-state index in [9.17, 15) is 4.39 Å². The second-order valence-electron chi connectivity index (χ2n) is 6.29. The topological polar surface area (TPSA) is 39.7 Å². The van der Waals surface area contributed by atoms with Crippen LogP contribution in [0.2, 0.25) is 0 Å². The molecule has 0 amide bonds. The number of hydrogen-bond acceptors (Lipinski definition) is 2. The molecule has 0 aromatic heterocycles. The first kappa shape index (κ1) is 18.9. The summed E-state index contributed by atoms with van der Waals surface area (Å²) in [6.07, 6.45) is 0.748. The monoisotopic (exact) mass is 342 g/mol. The zero-order chi connectivity index (χ0) is 18.1. The lowest BCUT2D eigenvalue weighted by Crippen LogP contribution is -2.37. The molecule has 2 aromatic rings. The number of hydrogen-bond donors (Lipinski definition) is 2. The first-order valence-electron chi connectivity index (χ1n) is 8.48. The van der Waals surface area contributed by atoms with E-state index in [0.717, 1.165) is 24.5 Å². The molecule has 2 rings (SSSR count). The number of guanidine groups is 1. The largest absolute Gasteiger partial charge is 0.356 e. The van der Waals surface area contributed by atoms with Gasteiger partial charge in [0.1, 0.15) is 5.82 Å². The molecule has 0 unspecified atom stereocenters. The predicted molar refractivity (Wildman–Crippen MR) is 102 cm³/mol. The van der Waals surface area contributed by atoms with Crippen molar-refractivity contribution in [2.45, 2.75) is 19.5 Å². The van der Waals surface area contributed by atoms with Crippen LogP contribution in [0.5, 0.6) is 0 Å². The lowest BCUT2D eigenvalue weighted by atomic mass is 10.1. The van der Waals surface area contributed by atoms with E-state index < -0.39 is 0 Å². The first-order valence-corrected chi connectivity index (χ1v) is 8.48. The molecule has 0 saturated carbocycles. The molecule has 2 N–H and O–H groups in total. The molecule has 2 aromatic carbocycles. The van der Waals surface area contributed by atoms with Crippen molar-refractivity contribution in [1.29, 1.82) is 0 Å². The van der Waals surface area contributed by atoms with E-state index in [4.69, 9.17) is 0 Å². The van der Waals surface area contributed by atoms with Gasteiger partial charge in [-0.05, 0) is 49.3 Å². The summed E-state index contributed by atoms with van der Waals surface area (Å²) < 4.78 is 13.2. The van der Waals surface area contributed by atoms with Crippen molar-refractivity contribution < 1.29 is 4.39 Å². The molecule has 0 saturated heterocycles. The van der Waals surface area contributed by atoms with E-state index in [1.807, 2.05) is 6.07 Å². The summed E-state index contributed by atoms with van der Waals surface area (Å²) in [4.78, 5) is 6.37. The minimum atomic E-state index is -0.197. The Morgan fingerprint density at radius 1 is 1.00 bits per heavy atom. The van der Waals surface area contributed by atoms with Crippen LogP contribution < -0.4 is 10.6 Å². The Hall–Kier alpha value is -2.40. The molecule has 5 heteroatoms. The van der Waals surface area contributed by atoms with Gasteiger partial charge in [0.2, 0.25) is 0 Å². The van der Waals surface area contributed by atoms with E-state index >= 15 is 0 Å². The molecule has 0 heterocycles. The van der Waals surface area contributed by atoms with Gasteiger partial charge in [-0.15, -0.1) is 0 Å². The van der Waals surface area contributed by atoms with E-state index in [1.54, 1.807) is 19.2 Å². The summed E-state index contributed by atoms with van der Waals surface area (Å²) in [5.41, 5.74) is 3.47. The Morgan fingerprint density at radius 2 is 1.72 bits per heavy atom. The molecule has 134 valence electrons. The Labute approximate surface area is 149 Å². The first-order chi connectivity index (χ1) is 12.1. The van der Waals surface area contributed by atoms with Crippen LogP contribution in [0.25, 0.3) is 0 Å². The fourth-order valence-corrected chi connectivity index (χ4v) is 2.55. The summed E-state index contributed by atoms with van der Waals surface area (Å²) in [5, 5.41) is 6.55. The number of nitrogens with zero attached hydrogens (tertiary/aromatic N) is 2. The molecule has 0 aliphatic heterocycles. The number of benzene rings is 2. The van der Waals surface area contributed by atoms with Crippen molar-refractivity contribution in [2.75, 3.05) is 27.7 Å². The molecule has 0 aliphatic carbocycles. The highest BCUT2D eigenvalue weighted by Gasteiger charge is 2.01. The standard InChI is InChI=1S/C20H27FN4/c1-22-20(23-12-11-16-5-4-6-19(21)13-16)24-14-17-7-9-18(10-8-17)15-25(2)3/h4-10,13H,11-12,14-15H2,1-3H3,(H2,22,23,24). The average molecular weight is 342 g/mol. The normalized spacial score (nSPS) is 11.6. The summed E-state index contributed by atoms with van der Waals surface area (Å²) in [5.74, 6) is 0.548. The van der Waals surface area contributed by atoms with Crippen molar-refractivity contribution in [1.82, 2.24) is 15.5 Å². The summed E-state index contributed by atoms with van der Waals surface area (Å²) >= 11 is 0. The summed E-state index contributed by atoms with van der Waals surface area (Å²) in [7, 11) is 5.88.